The van der Waals surface area contributed by atoms with Crippen molar-refractivity contribution in [2.45, 2.75) is 76.3 Å². The average Bonchev–Trinajstić information content (AvgIpc) is 2.96. The Labute approximate surface area is 196 Å². The van der Waals surface area contributed by atoms with Gasteiger partial charge in [-0.15, -0.1) is 0 Å². The molecule has 1 saturated carbocycles. The highest BCUT2D eigenvalue weighted by Gasteiger charge is 2.69. The molecule has 8 heteroatoms. The van der Waals surface area contributed by atoms with E-state index in [4.69, 9.17) is 19.9 Å². The van der Waals surface area contributed by atoms with Crippen LogP contribution in [0.4, 0.5) is 0 Å². The summed E-state index contributed by atoms with van der Waals surface area (Å²) in [6, 6.07) is 0.0987. The van der Waals surface area contributed by atoms with E-state index in [1.165, 1.54) is 7.11 Å². The van der Waals surface area contributed by atoms with Gasteiger partial charge in [-0.3, -0.25) is 0 Å². The minimum atomic E-state index is -0.832. The third-order valence-corrected chi connectivity index (χ3v) is 8.63. The maximum Gasteiger partial charge on any atom is 0.335 e. The molecule has 4 bridgehead atoms. The topological polar surface area (TPSA) is 128 Å². The van der Waals surface area contributed by atoms with Gasteiger partial charge >= 0.3 is 5.97 Å². The summed E-state index contributed by atoms with van der Waals surface area (Å²) in [5.41, 5.74) is 6.07. The maximum absolute atomic E-state index is 13.0. The zero-order valence-corrected chi connectivity index (χ0v) is 20.4. The molecule has 12 atom stereocenters. The number of hydrogen-bond donors (Lipinski definition) is 4. The first kappa shape index (κ1) is 24.8. The summed E-state index contributed by atoms with van der Waals surface area (Å²) in [6.07, 6.45) is 3.87. The third kappa shape index (κ3) is 3.89. The van der Waals surface area contributed by atoms with Crippen LogP contribution in [0.15, 0.2) is 23.8 Å². The minimum absolute atomic E-state index is 0.0448. The highest BCUT2D eigenvalue weighted by atomic mass is 16.6. The Hall–Kier alpha value is -1.29. The third-order valence-electron chi connectivity index (χ3n) is 8.63. The lowest BCUT2D eigenvalue weighted by atomic mass is 9.57. The number of cyclic esters (lactones) is 1. The molecule has 1 unspecified atom stereocenters. The predicted molar refractivity (Wildman–Crippen MR) is 122 cm³/mol. The molecule has 1 spiro atoms. The molecule has 2 heterocycles. The molecule has 2 aliphatic carbocycles. The molecule has 8 nitrogen and oxygen atoms in total. The largest absolute Gasteiger partial charge is 0.457 e. The Morgan fingerprint density at radius 3 is 2.73 bits per heavy atom. The minimum Gasteiger partial charge on any atom is -0.457 e. The average molecular weight is 466 g/mol. The van der Waals surface area contributed by atoms with Gasteiger partial charge in [-0.25, -0.2) is 4.79 Å². The molecule has 0 radical (unpaired) electrons. The molecule has 33 heavy (non-hydrogen) atoms. The Morgan fingerprint density at radius 1 is 1.36 bits per heavy atom. The number of esters is 1. The van der Waals surface area contributed by atoms with E-state index in [9.17, 15) is 15.0 Å². The van der Waals surface area contributed by atoms with E-state index in [-0.39, 0.29) is 41.7 Å². The number of aliphatic hydroxyl groups excluding tert-OH is 2. The van der Waals surface area contributed by atoms with Crippen molar-refractivity contribution in [3.05, 3.63) is 23.8 Å². The van der Waals surface area contributed by atoms with Crippen LogP contribution >= 0.6 is 0 Å². The predicted octanol–water partition coefficient (Wildman–Crippen LogP) is -0.263. The van der Waals surface area contributed by atoms with Crippen molar-refractivity contribution < 1.29 is 34.5 Å². The molecular formula is C25H41N2O6+. The Morgan fingerprint density at radius 2 is 2.09 bits per heavy atom. The number of methoxy groups -OCH3 is 1. The van der Waals surface area contributed by atoms with Gasteiger partial charge in [0.1, 0.15) is 23.9 Å². The van der Waals surface area contributed by atoms with E-state index in [1.54, 1.807) is 6.92 Å². The van der Waals surface area contributed by atoms with E-state index < -0.39 is 36.0 Å². The van der Waals surface area contributed by atoms with Crippen molar-refractivity contribution >= 4 is 5.97 Å². The first-order chi connectivity index (χ1) is 15.7. The van der Waals surface area contributed by atoms with Crippen LogP contribution in [0.5, 0.6) is 0 Å². The molecule has 4 aliphatic rings. The standard InChI is InChI=1S/C25H40N2O6/c1-12-10-13(2)25-16(11-18(31-5)24(30)32-22(12)15(4)28)6-7-17-19(25)21(29)14(3)20(23(17)33-25)27-9-8-26/h6-7,10,12,14-23,27-29H,8-9,11,26H2,1-5H3/p+1/b13-10+/t12-,14?,15-,16-,17-,18+,19+,20+,21-,22+,23-,25+/m1/s1. The summed E-state index contributed by atoms with van der Waals surface area (Å²) >= 11 is 0. The van der Waals surface area contributed by atoms with Crippen molar-refractivity contribution in [3.63, 3.8) is 0 Å². The van der Waals surface area contributed by atoms with Crippen LogP contribution in [0.3, 0.4) is 0 Å². The molecule has 4 rings (SSSR count). The van der Waals surface area contributed by atoms with Gasteiger partial charge in [0, 0.05) is 43.2 Å². The number of carbonyl (C=O) groups excluding carboxylic acids is 1. The number of aliphatic hydroxyl groups is 2. The molecule has 186 valence electrons. The van der Waals surface area contributed by atoms with Gasteiger partial charge in [0.2, 0.25) is 0 Å². The fourth-order valence-corrected chi connectivity index (χ4v) is 7.05. The molecule has 1 saturated heterocycles. The summed E-state index contributed by atoms with van der Waals surface area (Å²) < 4.78 is 18.3. The zero-order valence-electron chi connectivity index (χ0n) is 20.4. The van der Waals surface area contributed by atoms with Gasteiger partial charge in [-0.05, 0) is 25.8 Å². The number of quaternary nitrogens is 1. The van der Waals surface area contributed by atoms with Crippen LogP contribution in [0.2, 0.25) is 0 Å². The summed E-state index contributed by atoms with van der Waals surface area (Å²) in [4.78, 5) is 13.0. The molecule has 0 aromatic rings. The number of nitrogens with two attached hydrogens (primary N) is 2. The molecule has 2 aliphatic heterocycles. The van der Waals surface area contributed by atoms with Gasteiger partial charge in [-0.1, -0.05) is 32.1 Å². The fourth-order valence-electron chi connectivity index (χ4n) is 7.05. The second-order valence-electron chi connectivity index (χ2n) is 10.5. The number of rotatable bonds is 5. The van der Waals surface area contributed by atoms with E-state index in [1.807, 2.05) is 6.92 Å². The van der Waals surface area contributed by atoms with Crippen LogP contribution in [0.1, 0.15) is 34.1 Å². The SMILES string of the molecule is CO[C@H]1C[C@H]2C=C[C@H]3[C@H]4O[C@]2(/C(C)=C/[C@@H](C)[C@@H]([C@@H](C)O)OC1=O)[C@@H]3[C@H](O)C(C)[C@@H]4[NH2+]CCN. The number of ether oxygens (including phenoxy) is 3. The summed E-state index contributed by atoms with van der Waals surface area (Å²) in [6.45, 7) is 9.07. The van der Waals surface area contributed by atoms with Gasteiger partial charge in [0.25, 0.3) is 0 Å². The number of hydrogen-bond acceptors (Lipinski definition) is 7. The Kier molecular flexibility index (Phi) is 7.07. The highest BCUT2D eigenvalue weighted by Crippen LogP contribution is 2.60. The first-order valence-electron chi connectivity index (χ1n) is 12.3. The van der Waals surface area contributed by atoms with Crippen molar-refractivity contribution in [1.82, 2.24) is 0 Å². The second-order valence-corrected chi connectivity index (χ2v) is 10.5. The van der Waals surface area contributed by atoms with E-state index in [0.717, 1.165) is 12.1 Å². The van der Waals surface area contributed by atoms with Crippen molar-refractivity contribution in [1.29, 1.82) is 0 Å². The smallest absolute Gasteiger partial charge is 0.335 e. The lowest BCUT2D eigenvalue weighted by Gasteiger charge is -2.48. The van der Waals surface area contributed by atoms with E-state index in [0.29, 0.717) is 13.0 Å². The van der Waals surface area contributed by atoms with Crippen LogP contribution in [0.25, 0.3) is 0 Å². The summed E-state index contributed by atoms with van der Waals surface area (Å²) in [7, 11) is 1.51. The normalized spacial score (nSPS) is 49.6. The van der Waals surface area contributed by atoms with Gasteiger partial charge in [-0.2, -0.15) is 0 Å². The van der Waals surface area contributed by atoms with Crippen LogP contribution in [0, 0.1) is 29.6 Å². The first-order valence-corrected chi connectivity index (χ1v) is 12.3. The number of carbonyl (C=O) groups is 1. The lowest BCUT2D eigenvalue weighted by molar-refractivity contribution is -0.704. The summed E-state index contributed by atoms with van der Waals surface area (Å²) in [5.74, 6) is -0.837. The van der Waals surface area contributed by atoms with Crippen LogP contribution in [-0.4, -0.2) is 78.5 Å². The molecule has 6 N–H and O–H groups in total. The molecular weight excluding hydrogens is 424 g/mol. The molecule has 0 amide bonds. The monoisotopic (exact) mass is 465 g/mol. The van der Waals surface area contributed by atoms with Crippen molar-refractivity contribution in [2.75, 3.05) is 20.2 Å². The van der Waals surface area contributed by atoms with Crippen molar-refractivity contribution in [2.24, 2.45) is 35.3 Å². The highest BCUT2D eigenvalue weighted by molar-refractivity contribution is 5.75. The van der Waals surface area contributed by atoms with Gasteiger partial charge in [0.05, 0.1) is 18.8 Å². The van der Waals surface area contributed by atoms with Crippen molar-refractivity contribution in [3.8, 4) is 0 Å². The summed E-state index contributed by atoms with van der Waals surface area (Å²) in [5, 5.41) is 24.2. The maximum atomic E-state index is 13.0. The second kappa shape index (κ2) is 9.40. The van der Waals surface area contributed by atoms with Gasteiger partial charge < -0.3 is 35.5 Å². The van der Waals surface area contributed by atoms with E-state index >= 15 is 0 Å². The molecule has 0 aromatic carbocycles. The van der Waals surface area contributed by atoms with Crippen LogP contribution in [-0.2, 0) is 19.0 Å². The lowest BCUT2D eigenvalue weighted by Crippen LogP contribution is -2.96. The van der Waals surface area contributed by atoms with Crippen LogP contribution < -0.4 is 11.1 Å². The fraction of sp³-hybridized carbons (Fsp3) is 0.800. The Bertz CT molecular complexity index is 800. The quantitative estimate of drug-likeness (QED) is 0.325. The zero-order chi connectivity index (χ0) is 24.1. The molecule has 0 aromatic heterocycles. The van der Waals surface area contributed by atoms with Gasteiger partial charge in [0.15, 0.2) is 6.10 Å². The van der Waals surface area contributed by atoms with E-state index in [2.05, 4.69) is 37.4 Å². The molecule has 2 fully saturated rings. The Balaban J connectivity index is 1.82.